The number of halogens is 1. The summed E-state index contributed by atoms with van der Waals surface area (Å²) in [6.45, 7) is 1.12. The zero-order chi connectivity index (χ0) is 19.6. The van der Waals surface area contributed by atoms with Crippen molar-refractivity contribution in [3.63, 3.8) is 0 Å². The highest BCUT2D eigenvalue weighted by Crippen LogP contribution is 2.29. The van der Waals surface area contributed by atoms with Gasteiger partial charge in [0, 0.05) is 10.6 Å². The summed E-state index contributed by atoms with van der Waals surface area (Å²) in [5.41, 5.74) is -0.325. The quantitative estimate of drug-likeness (QED) is 0.611. The van der Waals surface area contributed by atoms with Gasteiger partial charge in [0.25, 0.3) is 5.91 Å². The van der Waals surface area contributed by atoms with Crippen LogP contribution in [0.5, 0.6) is 0 Å². The van der Waals surface area contributed by atoms with Crippen LogP contribution in [0.25, 0.3) is 0 Å². The molecule has 1 fully saturated rings. The number of carbonyl (C=O) groups excluding carboxylic acids is 3. The van der Waals surface area contributed by atoms with Gasteiger partial charge in [-0.15, -0.1) is 11.8 Å². The predicted molar refractivity (Wildman–Crippen MR) is 101 cm³/mol. The van der Waals surface area contributed by atoms with Gasteiger partial charge in [0.1, 0.15) is 17.9 Å². The largest absolute Gasteiger partial charge is 0.325 e. The molecule has 27 heavy (non-hydrogen) atoms. The SMILES string of the molecule is CSc1ccc(NC(=O)CN2C(=O)NC(C)(c3ccc(F)cc3)C2=O)cc1. The Kier molecular flexibility index (Phi) is 5.18. The zero-order valence-electron chi connectivity index (χ0n) is 14.8. The molecule has 1 aliphatic heterocycles. The minimum atomic E-state index is -1.34. The lowest BCUT2D eigenvalue weighted by atomic mass is 9.92. The Bertz CT molecular complexity index is 886. The molecule has 4 amide bonds. The number of benzene rings is 2. The molecular weight excluding hydrogens is 369 g/mol. The maximum absolute atomic E-state index is 13.1. The molecule has 140 valence electrons. The molecule has 2 aromatic rings. The van der Waals surface area contributed by atoms with E-state index >= 15 is 0 Å². The van der Waals surface area contributed by atoms with Crippen molar-refractivity contribution in [1.29, 1.82) is 0 Å². The molecule has 0 saturated carbocycles. The fourth-order valence-corrected chi connectivity index (χ4v) is 3.25. The van der Waals surface area contributed by atoms with Gasteiger partial charge in [0.05, 0.1) is 0 Å². The van der Waals surface area contributed by atoms with Gasteiger partial charge < -0.3 is 10.6 Å². The standard InChI is InChI=1S/C19H18FN3O3S/c1-19(12-3-5-13(20)6-4-12)17(25)23(18(26)22-19)11-16(24)21-14-7-9-15(27-2)10-8-14/h3-10H,11H2,1-2H3,(H,21,24)(H,22,26). The Morgan fingerprint density at radius 2 is 1.78 bits per heavy atom. The van der Waals surface area contributed by atoms with Crippen LogP contribution in [-0.4, -0.2) is 35.5 Å². The molecule has 1 heterocycles. The number of amides is 4. The summed E-state index contributed by atoms with van der Waals surface area (Å²) in [4.78, 5) is 39.2. The Hall–Kier alpha value is -2.87. The fraction of sp³-hybridized carbons (Fsp3) is 0.211. The average molecular weight is 387 g/mol. The van der Waals surface area contributed by atoms with Crippen LogP contribution in [0.3, 0.4) is 0 Å². The van der Waals surface area contributed by atoms with Crippen molar-refractivity contribution in [3.05, 3.63) is 59.9 Å². The molecule has 0 spiro atoms. The number of anilines is 1. The number of hydrogen-bond donors (Lipinski definition) is 2. The van der Waals surface area contributed by atoms with Crippen LogP contribution in [0.2, 0.25) is 0 Å². The third-order valence-electron chi connectivity index (χ3n) is 4.37. The Morgan fingerprint density at radius 3 is 2.37 bits per heavy atom. The topological polar surface area (TPSA) is 78.5 Å². The molecule has 3 rings (SSSR count). The van der Waals surface area contributed by atoms with E-state index in [1.807, 2.05) is 18.4 Å². The number of urea groups is 1. The summed E-state index contributed by atoms with van der Waals surface area (Å²) in [7, 11) is 0. The number of nitrogens with one attached hydrogen (secondary N) is 2. The van der Waals surface area contributed by atoms with E-state index in [4.69, 9.17) is 0 Å². The molecule has 0 aromatic heterocycles. The van der Waals surface area contributed by atoms with E-state index in [1.165, 1.54) is 31.2 Å². The molecule has 1 saturated heterocycles. The second kappa shape index (κ2) is 7.40. The van der Waals surface area contributed by atoms with Crippen LogP contribution in [0.4, 0.5) is 14.9 Å². The first-order valence-corrected chi connectivity index (χ1v) is 9.40. The second-order valence-electron chi connectivity index (χ2n) is 6.23. The Morgan fingerprint density at radius 1 is 1.15 bits per heavy atom. The van der Waals surface area contributed by atoms with E-state index in [9.17, 15) is 18.8 Å². The smallest absolute Gasteiger partial charge is 0.325 e. The van der Waals surface area contributed by atoms with Gasteiger partial charge in [-0.05, 0) is 55.1 Å². The second-order valence-corrected chi connectivity index (χ2v) is 7.11. The summed E-state index contributed by atoms with van der Waals surface area (Å²) in [6, 6.07) is 11.9. The van der Waals surface area contributed by atoms with E-state index in [0.717, 1.165) is 9.80 Å². The predicted octanol–water partition coefficient (Wildman–Crippen LogP) is 2.95. The Labute approximate surface area is 160 Å². The molecule has 2 N–H and O–H groups in total. The van der Waals surface area contributed by atoms with Crippen molar-refractivity contribution in [2.75, 3.05) is 18.1 Å². The van der Waals surface area contributed by atoms with Gasteiger partial charge in [0.15, 0.2) is 0 Å². The molecule has 0 bridgehead atoms. The maximum atomic E-state index is 13.1. The lowest BCUT2D eigenvalue weighted by Gasteiger charge is -2.22. The molecular formula is C19H18FN3O3S. The lowest BCUT2D eigenvalue weighted by Crippen LogP contribution is -2.42. The Balaban J connectivity index is 1.71. The molecule has 1 atom stereocenters. The van der Waals surface area contributed by atoms with Crippen molar-refractivity contribution in [2.24, 2.45) is 0 Å². The van der Waals surface area contributed by atoms with Crippen molar-refractivity contribution in [1.82, 2.24) is 10.2 Å². The molecule has 2 aromatic carbocycles. The van der Waals surface area contributed by atoms with E-state index in [2.05, 4.69) is 10.6 Å². The number of thioether (sulfide) groups is 1. The highest BCUT2D eigenvalue weighted by Gasteiger charge is 2.49. The van der Waals surface area contributed by atoms with E-state index < -0.39 is 35.7 Å². The monoisotopic (exact) mass is 387 g/mol. The van der Waals surface area contributed by atoms with Crippen molar-refractivity contribution in [3.8, 4) is 0 Å². The van der Waals surface area contributed by atoms with Gasteiger partial charge in [-0.2, -0.15) is 0 Å². The van der Waals surface area contributed by atoms with E-state index in [-0.39, 0.29) is 0 Å². The van der Waals surface area contributed by atoms with Crippen LogP contribution < -0.4 is 10.6 Å². The first-order chi connectivity index (χ1) is 12.8. The van der Waals surface area contributed by atoms with Crippen molar-refractivity contribution >= 4 is 35.3 Å². The minimum absolute atomic E-state index is 0.411. The van der Waals surface area contributed by atoms with Gasteiger partial charge in [0.2, 0.25) is 5.91 Å². The van der Waals surface area contributed by atoms with Crippen LogP contribution in [-0.2, 0) is 15.1 Å². The van der Waals surface area contributed by atoms with E-state index in [0.29, 0.717) is 11.3 Å². The first-order valence-electron chi connectivity index (χ1n) is 8.17. The van der Waals surface area contributed by atoms with Gasteiger partial charge in [-0.25, -0.2) is 9.18 Å². The molecule has 0 aliphatic carbocycles. The van der Waals surface area contributed by atoms with Gasteiger partial charge in [-0.1, -0.05) is 12.1 Å². The van der Waals surface area contributed by atoms with Gasteiger partial charge >= 0.3 is 6.03 Å². The number of hydrogen-bond acceptors (Lipinski definition) is 4. The number of rotatable bonds is 5. The molecule has 8 heteroatoms. The fourth-order valence-electron chi connectivity index (χ4n) is 2.84. The first kappa shape index (κ1) is 18.9. The van der Waals surface area contributed by atoms with Crippen LogP contribution in [0.1, 0.15) is 12.5 Å². The van der Waals surface area contributed by atoms with Crippen molar-refractivity contribution < 1.29 is 18.8 Å². The summed E-state index contributed by atoms with van der Waals surface area (Å²) in [6.07, 6.45) is 1.95. The molecule has 1 aliphatic rings. The van der Waals surface area contributed by atoms with Crippen LogP contribution in [0.15, 0.2) is 53.4 Å². The van der Waals surface area contributed by atoms with Gasteiger partial charge in [-0.3, -0.25) is 14.5 Å². The highest BCUT2D eigenvalue weighted by atomic mass is 32.2. The highest BCUT2D eigenvalue weighted by molar-refractivity contribution is 7.98. The molecule has 0 radical (unpaired) electrons. The zero-order valence-corrected chi connectivity index (χ0v) is 15.6. The summed E-state index contributed by atoms with van der Waals surface area (Å²) >= 11 is 1.58. The van der Waals surface area contributed by atoms with Crippen molar-refractivity contribution in [2.45, 2.75) is 17.4 Å². The van der Waals surface area contributed by atoms with Crippen LogP contribution in [0, 0.1) is 5.82 Å². The summed E-state index contributed by atoms with van der Waals surface area (Å²) in [5.74, 6) is -1.49. The average Bonchev–Trinajstić information content (AvgIpc) is 2.87. The molecule has 6 nitrogen and oxygen atoms in total. The lowest BCUT2D eigenvalue weighted by molar-refractivity contribution is -0.133. The summed E-state index contributed by atoms with van der Waals surface area (Å²) < 4.78 is 13.1. The molecule has 1 unspecified atom stereocenters. The number of imide groups is 1. The maximum Gasteiger partial charge on any atom is 0.325 e. The minimum Gasteiger partial charge on any atom is -0.325 e. The third-order valence-corrected chi connectivity index (χ3v) is 5.12. The summed E-state index contributed by atoms with van der Waals surface area (Å²) in [5, 5.41) is 5.25. The number of carbonyl (C=O) groups is 3. The third kappa shape index (κ3) is 3.80. The normalized spacial score (nSPS) is 19.1. The van der Waals surface area contributed by atoms with Crippen LogP contribution >= 0.6 is 11.8 Å². The number of nitrogens with zero attached hydrogens (tertiary/aromatic N) is 1. The van der Waals surface area contributed by atoms with E-state index in [1.54, 1.807) is 23.9 Å².